The summed E-state index contributed by atoms with van der Waals surface area (Å²) in [7, 11) is 0. The van der Waals surface area contributed by atoms with E-state index in [1.165, 1.54) is 13.3 Å². The van der Waals surface area contributed by atoms with Gasteiger partial charge in [0, 0.05) is 18.3 Å². The Morgan fingerprint density at radius 3 is 2.35 bits per heavy atom. The maximum atomic E-state index is 12.7. The van der Waals surface area contributed by atoms with E-state index >= 15 is 0 Å². The van der Waals surface area contributed by atoms with Crippen molar-refractivity contribution in [2.24, 2.45) is 5.92 Å². The number of amides is 1. The first-order valence-electron chi connectivity index (χ1n) is 10.7. The minimum absolute atomic E-state index is 0.0139. The largest absolute Gasteiger partial charge is 0.461 e. The van der Waals surface area contributed by atoms with Crippen LogP contribution in [0.5, 0.6) is 0 Å². The summed E-state index contributed by atoms with van der Waals surface area (Å²) in [6.07, 6.45) is 6.09. The van der Waals surface area contributed by atoms with Gasteiger partial charge in [-0.05, 0) is 62.3 Å². The molecule has 31 heavy (non-hydrogen) atoms. The van der Waals surface area contributed by atoms with Crippen molar-refractivity contribution >= 4 is 35.1 Å². The molecule has 1 atom stereocenters. The highest BCUT2D eigenvalue weighted by Crippen LogP contribution is 2.23. The average molecular weight is 427 g/mol. The van der Waals surface area contributed by atoms with Crippen LogP contribution in [0.15, 0.2) is 30.6 Å². The average Bonchev–Trinajstić information content (AvgIpc) is 3.21. The summed E-state index contributed by atoms with van der Waals surface area (Å²) in [5, 5.41) is 8.93. The van der Waals surface area contributed by atoms with Crippen molar-refractivity contribution in [2.75, 3.05) is 16.0 Å². The topological polar surface area (TPSA) is 118 Å². The normalized spacial score (nSPS) is 14.8. The van der Waals surface area contributed by atoms with E-state index in [9.17, 15) is 9.59 Å². The number of anilines is 4. The van der Waals surface area contributed by atoms with Gasteiger partial charge >= 0.3 is 5.97 Å². The van der Waals surface area contributed by atoms with Gasteiger partial charge in [-0.1, -0.05) is 13.8 Å². The molecule has 1 aliphatic carbocycles. The van der Waals surface area contributed by atoms with Crippen molar-refractivity contribution in [3.8, 4) is 0 Å². The first-order valence-corrected chi connectivity index (χ1v) is 10.7. The Kier molecular flexibility index (Phi) is 7.75. The van der Waals surface area contributed by atoms with Crippen molar-refractivity contribution < 1.29 is 14.3 Å². The molecule has 0 bridgehead atoms. The zero-order valence-electron chi connectivity index (χ0n) is 18.2. The zero-order valence-corrected chi connectivity index (χ0v) is 18.2. The number of hydrogen-bond donors (Lipinski definition) is 3. The van der Waals surface area contributed by atoms with Gasteiger partial charge in [0.25, 0.3) is 0 Å². The predicted octanol–water partition coefficient (Wildman–Crippen LogP) is 3.89. The molecule has 0 spiro atoms. The summed E-state index contributed by atoms with van der Waals surface area (Å²) >= 11 is 0. The third-order valence-corrected chi connectivity index (χ3v) is 4.91. The molecule has 9 heteroatoms. The van der Waals surface area contributed by atoms with Crippen LogP contribution in [0.2, 0.25) is 0 Å². The molecule has 2 aromatic rings. The van der Waals surface area contributed by atoms with Gasteiger partial charge in [-0.3, -0.25) is 4.79 Å². The van der Waals surface area contributed by atoms with Gasteiger partial charge in [-0.25, -0.2) is 14.8 Å². The highest BCUT2D eigenvalue weighted by atomic mass is 16.5. The molecule has 166 valence electrons. The SMILES string of the molecule is CC(=O)Nc1ccc(Nc2ncnc(N[C@@H](CC(C)C)C(=O)OC3CCCC3)n2)cc1. The van der Waals surface area contributed by atoms with Crippen LogP contribution in [0, 0.1) is 5.92 Å². The third-order valence-electron chi connectivity index (χ3n) is 4.91. The maximum Gasteiger partial charge on any atom is 0.328 e. The van der Waals surface area contributed by atoms with E-state index in [1.807, 2.05) is 12.1 Å². The van der Waals surface area contributed by atoms with E-state index in [-0.39, 0.29) is 18.0 Å². The Balaban J connectivity index is 1.65. The standard InChI is InChI=1S/C22H30N6O3/c1-14(2)12-19(20(30)31-18-6-4-5-7-18)27-22-24-13-23-21(28-22)26-17-10-8-16(9-11-17)25-15(3)29/h8-11,13-14,18-19H,4-7,12H2,1-3H3,(H,25,29)(H2,23,24,26,27,28)/t19-/m0/s1. The molecule has 9 nitrogen and oxygen atoms in total. The Morgan fingerprint density at radius 1 is 1.06 bits per heavy atom. The molecule has 1 amide bonds. The minimum Gasteiger partial charge on any atom is -0.461 e. The molecule has 0 radical (unpaired) electrons. The smallest absolute Gasteiger partial charge is 0.328 e. The van der Waals surface area contributed by atoms with Crippen LogP contribution < -0.4 is 16.0 Å². The van der Waals surface area contributed by atoms with Crippen LogP contribution >= 0.6 is 0 Å². The molecule has 1 aliphatic rings. The number of nitrogens with one attached hydrogen (secondary N) is 3. The van der Waals surface area contributed by atoms with Crippen molar-refractivity contribution in [3.63, 3.8) is 0 Å². The first-order chi connectivity index (χ1) is 14.9. The molecule has 1 fully saturated rings. The summed E-state index contributed by atoms with van der Waals surface area (Å²) in [5.41, 5.74) is 1.46. The number of ether oxygens (including phenoxy) is 1. The van der Waals surface area contributed by atoms with Gasteiger partial charge < -0.3 is 20.7 Å². The molecule has 1 aromatic carbocycles. The van der Waals surface area contributed by atoms with Gasteiger partial charge in [0.15, 0.2) is 0 Å². The Hall–Kier alpha value is -3.23. The van der Waals surface area contributed by atoms with Crippen LogP contribution in [0.3, 0.4) is 0 Å². The lowest BCUT2D eigenvalue weighted by molar-refractivity contribution is -0.150. The lowest BCUT2D eigenvalue weighted by Gasteiger charge is -2.21. The van der Waals surface area contributed by atoms with Crippen LogP contribution in [0.25, 0.3) is 0 Å². The molecule has 1 aromatic heterocycles. The number of rotatable bonds is 9. The number of carbonyl (C=O) groups excluding carboxylic acids is 2. The van der Waals surface area contributed by atoms with Crippen molar-refractivity contribution in [3.05, 3.63) is 30.6 Å². The summed E-state index contributed by atoms with van der Waals surface area (Å²) in [6.45, 7) is 5.58. The molecule has 1 heterocycles. The van der Waals surface area contributed by atoms with Gasteiger partial charge in [0.05, 0.1) is 0 Å². The van der Waals surface area contributed by atoms with Crippen molar-refractivity contribution in [1.29, 1.82) is 0 Å². The van der Waals surface area contributed by atoms with Gasteiger partial charge in [0.2, 0.25) is 17.8 Å². The van der Waals surface area contributed by atoms with Gasteiger partial charge in [0.1, 0.15) is 18.5 Å². The molecule has 1 saturated carbocycles. The third kappa shape index (κ3) is 7.20. The number of carbonyl (C=O) groups is 2. The summed E-state index contributed by atoms with van der Waals surface area (Å²) in [6, 6.07) is 6.65. The van der Waals surface area contributed by atoms with Crippen molar-refractivity contribution in [2.45, 2.75) is 65.0 Å². The predicted molar refractivity (Wildman–Crippen MR) is 119 cm³/mol. The second kappa shape index (κ2) is 10.7. The highest BCUT2D eigenvalue weighted by Gasteiger charge is 2.27. The maximum absolute atomic E-state index is 12.7. The number of aromatic nitrogens is 3. The fourth-order valence-corrected chi connectivity index (χ4v) is 3.49. The molecule has 0 aliphatic heterocycles. The minimum atomic E-state index is -0.521. The van der Waals surface area contributed by atoms with E-state index in [0.29, 0.717) is 29.9 Å². The van der Waals surface area contributed by atoms with Crippen LogP contribution in [-0.2, 0) is 14.3 Å². The van der Waals surface area contributed by atoms with Crippen LogP contribution in [-0.4, -0.2) is 39.0 Å². The van der Waals surface area contributed by atoms with Gasteiger partial charge in [-0.15, -0.1) is 0 Å². The Morgan fingerprint density at radius 2 is 1.71 bits per heavy atom. The van der Waals surface area contributed by atoms with Crippen LogP contribution in [0.1, 0.15) is 52.9 Å². The second-order valence-electron chi connectivity index (χ2n) is 8.19. The molecular weight excluding hydrogens is 396 g/mol. The molecule has 0 unspecified atom stereocenters. The quantitative estimate of drug-likeness (QED) is 0.517. The fourth-order valence-electron chi connectivity index (χ4n) is 3.49. The summed E-state index contributed by atoms with van der Waals surface area (Å²) in [4.78, 5) is 36.5. The van der Waals surface area contributed by atoms with E-state index in [1.54, 1.807) is 12.1 Å². The monoisotopic (exact) mass is 426 g/mol. The molecule has 0 saturated heterocycles. The fraction of sp³-hybridized carbons (Fsp3) is 0.500. The summed E-state index contributed by atoms with van der Waals surface area (Å²) < 4.78 is 5.69. The highest BCUT2D eigenvalue weighted by molar-refractivity contribution is 5.88. The Bertz CT molecular complexity index is 881. The number of esters is 1. The van der Waals surface area contributed by atoms with Crippen molar-refractivity contribution in [1.82, 2.24) is 15.0 Å². The number of benzene rings is 1. The molecule has 3 N–H and O–H groups in total. The molecular formula is C22H30N6O3. The zero-order chi connectivity index (χ0) is 22.2. The van der Waals surface area contributed by atoms with Crippen LogP contribution in [0.4, 0.5) is 23.3 Å². The first kappa shape index (κ1) is 22.5. The molecule has 3 rings (SSSR count). The second-order valence-corrected chi connectivity index (χ2v) is 8.19. The van der Waals surface area contributed by atoms with E-state index in [0.717, 1.165) is 31.4 Å². The summed E-state index contributed by atoms with van der Waals surface area (Å²) in [5.74, 6) is 0.564. The lowest BCUT2D eigenvalue weighted by Crippen LogP contribution is -2.35. The van der Waals surface area contributed by atoms with E-state index in [2.05, 4.69) is 44.7 Å². The Labute approximate surface area is 182 Å². The number of nitrogens with zero attached hydrogens (tertiary/aromatic N) is 3. The van der Waals surface area contributed by atoms with Gasteiger partial charge in [-0.2, -0.15) is 4.98 Å². The van der Waals surface area contributed by atoms with E-state index < -0.39 is 6.04 Å². The lowest BCUT2D eigenvalue weighted by atomic mass is 10.0. The number of hydrogen-bond acceptors (Lipinski definition) is 8. The van der Waals surface area contributed by atoms with E-state index in [4.69, 9.17) is 4.74 Å².